The number of aryl methyl sites for hydroxylation is 2. The number of amides is 3. The van der Waals surface area contributed by atoms with Gasteiger partial charge in [-0.05, 0) is 68.1 Å². The Labute approximate surface area is 202 Å². The summed E-state index contributed by atoms with van der Waals surface area (Å²) in [7, 11) is 0. The molecule has 0 N–H and O–H groups in total. The minimum Gasteiger partial charge on any atom is -0.454 e. The van der Waals surface area contributed by atoms with Crippen LogP contribution in [0.1, 0.15) is 42.7 Å². The topological polar surface area (TPSA) is 98.0 Å². The van der Waals surface area contributed by atoms with Crippen LogP contribution < -0.4 is 14.4 Å². The lowest BCUT2D eigenvalue weighted by Gasteiger charge is -2.46. The molecule has 9 nitrogen and oxygen atoms in total. The predicted molar refractivity (Wildman–Crippen MR) is 126 cm³/mol. The maximum atomic E-state index is 13.7. The summed E-state index contributed by atoms with van der Waals surface area (Å²) in [6.45, 7) is 4.32. The van der Waals surface area contributed by atoms with Crippen molar-refractivity contribution in [3.8, 4) is 22.9 Å². The first-order valence-corrected chi connectivity index (χ1v) is 11.9. The largest absolute Gasteiger partial charge is 0.454 e. The highest BCUT2D eigenvalue weighted by Crippen LogP contribution is 2.38. The van der Waals surface area contributed by atoms with E-state index in [0.717, 1.165) is 42.4 Å². The molecule has 3 aliphatic rings. The van der Waals surface area contributed by atoms with Crippen LogP contribution in [0.5, 0.6) is 11.5 Å². The van der Waals surface area contributed by atoms with Crippen LogP contribution in [0.2, 0.25) is 0 Å². The van der Waals surface area contributed by atoms with Crippen molar-refractivity contribution in [2.24, 2.45) is 5.92 Å². The average molecular weight is 475 g/mol. The van der Waals surface area contributed by atoms with Crippen LogP contribution in [0.3, 0.4) is 0 Å². The molecule has 3 heterocycles. The van der Waals surface area contributed by atoms with E-state index in [-0.39, 0.29) is 37.2 Å². The lowest BCUT2D eigenvalue weighted by atomic mass is 9.81. The van der Waals surface area contributed by atoms with Crippen molar-refractivity contribution in [1.82, 2.24) is 15.0 Å². The molecule has 0 radical (unpaired) electrons. The number of aromatic nitrogens is 2. The van der Waals surface area contributed by atoms with Gasteiger partial charge in [-0.3, -0.25) is 4.79 Å². The predicted octanol–water partition coefficient (Wildman–Crippen LogP) is 4.61. The Morgan fingerprint density at radius 1 is 0.971 bits per heavy atom. The zero-order chi connectivity index (χ0) is 24.1. The van der Waals surface area contributed by atoms with Crippen molar-refractivity contribution in [1.29, 1.82) is 0 Å². The van der Waals surface area contributed by atoms with Crippen LogP contribution in [0.25, 0.3) is 11.4 Å². The van der Waals surface area contributed by atoms with E-state index in [1.165, 1.54) is 4.90 Å². The van der Waals surface area contributed by atoms with Gasteiger partial charge in [0.25, 0.3) is 0 Å². The molecule has 9 heteroatoms. The first-order valence-electron chi connectivity index (χ1n) is 11.9. The summed E-state index contributed by atoms with van der Waals surface area (Å²) in [4.78, 5) is 34.8. The summed E-state index contributed by atoms with van der Waals surface area (Å²) < 4.78 is 16.3. The zero-order valence-electron chi connectivity index (χ0n) is 19.7. The second-order valence-electron chi connectivity index (χ2n) is 9.39. The van der Waals surface area contributed by atoms with E-state index < -0.39 is 0 Å². The molecule has 6 rings (SSSR count). The molecule has 2 aliphatic heterocycles. The molecular weight excluding hydrogens is 448 g/mol. The van der Waals surface area contributed by atoms with Gasteiger partial charge in [-0.15, -0.1) is 0 Å². The quantitative estimate of drug-likeness (QED) is 0.545. The first-order chi connectivity index (χ1) is 17.0. The number of urea groups is 1. The third-order valence-corrected chi connectivity index (χ3v) is 7.26. The molecule has 0 bridgehead atoms. The summed E-state index contributed by atoms with van der Waals surface area (Å²) in [6.07, 6.45) is 3.51. The van der Waals surface area contributed by atoms with E-state index in [1.807, 2.05) is 44.2 Å². The van der Waals surface area contributed by atoms with Crippen molar-refractivity contribution >= 4 is 17.6 Å². The van der Waals surface area contributed by atoms with Crippen LogP contribution in [-0.4, -0.2) is 39.8 Å². The summed E-state index contributed by atoms with van der Waals surface area (Å²) in [6, 6.07) is 10.6. The maximum absolute atomic E-state index is 13.7. The van der Waals surface area contributed by atoms with Gasteiger partial charge in [0, 0.05) is 11.6 Å². The molecule has 2 aromatic carbocycles. The number of carbonyl (C=O) groups is 2. The molecule has 2 unspecified atom stereocenters. The molecule has 3 amide bonds. The van der Waals surface area contributed by atoms with E-state index in [4.69, 9.17) is 14.0 Å². The lowest BCUT2D eigenvalue weighted by Crippen LogP contribution is -2.62. The lowest BCUT2D eigenvalue weighted by molar-refractivity contribution is -0.127. The number of hydrogen-bond donors (Lipinski definition) is 0. The van der Waals surface area contributed by atoms with Gasteiger partial charge in [0.1, 0.15) is 6.54 Å². The van der Waals surface area contributed by atoms with E-state index in [9.17, 15) is 9.59 Å². The number of nitrogens with zero attached hydrogens (tertiary/aromatic N) is 4. The normalized spacial score (nSPS) is 21.4. The van der Waals surface area contributed by atoms with E-state index in [0.29, 0.717) is 28.9 Å². The Kier molecular flexibility index (Phi) is 5.20. The van der Waals surface area contributed by atoms with Gasteiger partial charge in [0.15, 0.2) is 11.5 Å². The van der Waals surface area contributed by atoms with Gasteiger partial charge >= 0.3 is 6.03 Å². The van der Waals surface area contributed by atoms with Crippen LogP contribution in [0.4, 0.5) is 10.5 Å². The third-order valence-electron chi connectivity index (χ3n) is 7.26. The number of benzene rings is 2. The molecule has 2 atom stereocenters. The number of anilines is 1. The molecule has 0 spiro atoms. The van der Waals surface area contributed by atoms with Crippen LogP contribution in [-0.2, 0) is 11.3 Å². The van der Waals surface area contributed by atoms with E-state index >= 15 is 0 Å². The van der Waals surface area contributed by atoms with E-state index in [1.54, 1.807) is 11.0 Å². The number of imide groups is 1. The summed E-state index contributed by atoms with van der Waals surface area (Å²) >= 11 is 0. The van der Waals surface area contributed by atoms with Crippen molar-refractivity contribution in [3.63, 3.8) is 0 Å². The van der Waals surface area contributed by atoms with Crippen molar-refractivity contribution in [3.05, 3.63) is 53.4 Å². The molecule has 1 saturated carbocycles. The third kappa shape index (κ3) is 3.71. The van der Waals surface area contributed by atoms with Crippen molar-refractivity contribution < 1.29 is 23.6 Å². The fourth-order valence-corrected chi connectivity index (χ4v) is 5.21. The Morgan fingerprint density at radius 2 is 1.80 bits per heavy atom. The number of hydrogen-bond acceptors (Lipinski definition) is 7. The van der Waals surface area contributed by atoms with Crippen LogP contribution in [0, 0.1) is 19.8 Å². The minimum absolute atomic E-state index is 0.120. The Bertz CT molecular complexity index is 1320. The van der Waals surface area contributed by atoms with Crippen LogP contribution >= 0.6 is 0 Å². The maximum Gasteiger partial charge on any atom is 0.332 e. The summed E-state index contributed by atoms with van der Waals surface area (Å²) in [5.41, 5.74) is 3.48. The van der Waals surface area contributed by atoms with Gasteiger partial charge in [-0.1, -0.05) is 24.1 Å². The average Bonchev–Trinajstić information content (AvgIpc) is 3.53. The molecule has 1 saturated heterocycles. The fourth-order valence-electron chi connectivity index (χ4n) is 5.21. The smallest absolute Gasteiger partial charge is 0.332 e. The zero-order valence-corrected chi connectivity index (χ0v) is 19.7. The molecule has 2 fully saturated rings. The Hall–Kier alpha value is -3.88. The first kappa shape index (κ1) is 21.6. The molecule has 3 aromatic rings. The van der Waals surface area contributed by atoms with Gasteiger partial charge in [-0.25, -0.2) is 9.69 Å². The molecule has 180 valence electrons. The fraction of sp³-hybridized carbons (Fsp3) is 0.385. The molecule has 35 heavy (non-hydrogen) atoms. The van der Waals surface area contributed by atoms with Gasteiger partial charge in [-0.2, -0.15) is 4.98 Å². The highest BCUT2D eigenvalue weighted by atomic mass is 16.7. The van der Waals surface area contributed by atoms with Gasteiger partial charge in [0.05, 0.1) is 11.6 Å². The second-order valence-corrected chi connectivity index (χ2v) is 9.39. The van der Waals surface area contributed by atoms with Crippen LogP contribution in [0.15, 0.2) is 40.9 Å². The number of ether oxygens (including phenoxy) is 2. The summed E-state index contributed by atoms with van der Waals surface area (Å²) in [5, 5.41) is 4.12. The highest BCUT2D eigenvalue weighted by Gasteiger charge is 2.48. The minimum atomic E-state index is -0.343. The number of fused-ring (bicyclic) bond motifs is 2. The second kappa shape index (κ2) is 8.41. The van der Waals surface area contributed by atoms with Gasteiger partial charge in [0.2, 0.25) is 24.4 Å². The molecule has 1 aromatic heterocycles. The molecule has 1 aliphatic carbocycles. The Balaban J connectivity index is 1.30. The number of rotatable bonds is 4. The SMILES string of the molecule is Cc1ccc(N2C(=O)C3CCCCC3N(Cc3nc(-c4ccc5c(c4)OCO5)no3)C2=O)cc1C. The summed E-state index contributed by atoms with van der Waals surface area (Å²) in [5.74, 6) is 1.68. The Morgan fingerprint density at radius 3 is 2.66 bits per heavy atom. The van der Waals surface area contributed by atoms with Gasteiger partial charge < -0.3 is 18.9 Å². The van der Waals surface area contributed by atoms with Crippen molar-refractivity contribution in [2.75, 3.05) is 11.7 Å². The monoisotopic (exact) mass is 474 g/mol. The number of carbonyl (C=O) groups excluding carboxylic acids is 2. The molecular formula is C26H26N4O5. The van der Waals surface area contributed by atoms with Crippen molar-refractivity contribution in [2.45, 2.75) is 52.1 Å². The highest BCUT2D eigenvalue weighted by molar-refractivity contribution is 6.17. The standard InChI is InChI=1S/C26H26N4O5/c1-15-7-9-18(11-16(15)2)30-25(31)19-5-3-4-6-20(19)29(26(30)32)13-23-27-24(28-35-23)17-8-10-21-22(12-17)34-14-33-21/h7-12,19-20H,3-6,13-14H2,1-2H3. The van der Waals surface area contributed by atoms with E-state index in [2.05, 4.69) is 10.1 Å².